The molecule has 1 aromatic heterocycles. The van der Waals surface area contributed by atoms with E-state index in [4.69, 9.17) is 38.0 Å². The van der Waals surface area contributed by atoms with Gasteiger partial charge in [0.15, 0.2) is 22.3 Å². The van der Waals surface area contributed by atoms with Crippen molar-refractivity contribution in [3.05, 3.63) is 67.2 Å². The second kappa shape index (κ2) is 7.84. The van der Waals surface area contributed by atoms with Crippen molar-refractivity contribution in [1.29, 1.82) is 0 Å². The number of aromatic amines is 1. The Morgan fingerprint density at radius 2 is 2.09 bits per heavy atom. The van der Waals surface area contributed by atoms with Crippen LogP contribution in [-0.4, -0.2) is 42.2 Å². The molecule has 0 amide bonds. The van der Waals surface area contributed by atoms with Crippen LogP contribution in [0.15, 0.2) is 35.1 Å². The molecular weight excluding hydrogens is 454 g/mol. The molecule has 2 aromatic carbocycles. The maximum Gasteiger partial charge on any atom is 0.265 e. The summed E-state index contributed by atoms with van der Waals surface area (Å²) in [6, 6.07) is 8.38. The van der Waals surface area contributed by atoms with Gasteiger partial charge in [0.1, 0.15) is 5.56 Å². The van der Waals surface area contributed by atoms with Gasteiger partial charge in [0, 0.05) is 6.42 Å². The summed E-state index contributed by atoms with van der Waals surface area (Å²) in [5.74, 6) is 1.36. The molecule has 8 nitrogen and oxygen atoms in total. The SMILES string of the molecule is COc1c2c(cc3c1[C@@H](c1c(O)n(-c4ccccc4Cl)c(=S)[nH]c1=O)[NH+](C)CC3)OCO2. The second-order valence-electron chi connectivity index (χ2n) is 7.78. The zero-order valence-corrected chi connectivity index (χ0v) is 19.0. The van der Waals surface area contributed by atoms with E-state index in [0.717, 1.165) is 29.0 Å². The number of ether oxygens (including phenoxy) is 3. The summed E-state index contributed by atoms with van der Waals surface area (Å²) in [7, 11) is 3.52. The molecule has 0 radical (unpaired) electrons. The molecule has 0 saturated carbocycles. The van der Waals surface area contributed by atoms with E-state index in [1.807, 2.05) is 13.1 Å². The van der Waals surface area contributed by atoms with Crippen molar-refractivity contribution >= 4 is 23.8 Å². The number of aromatic hydroxyl groups is 1. The molecule has 166 valence electrons. The minimum absolute atomic E-state index is 0.0516. The second-order valence-corrected chi connectivity index (χ2v) is 8.57. The minimum atomic E-state index is -0.531. The van der Waals surface area contributed by atoms with Gasteiger partial charge in [0.2, 0.25) is 18.4 Å². The molecule has 2 aliphatic rings. The zero-order chi connectivity index (χ0) is 22.6. The number of nitrogens with zero attached hydrogens (tertiary/aromatic N) is 1. The van der Waals surface area contributed by atoms with Gasteiger partial charge in [-0.25, -0.2) is 0 Å². The Morgan fingerprint density at radius 1 is 1.31 bits per heavy atom. The van der Waals surface area contributed by atoms with E-state index in [2.05, 4.69) is 4.98 Å². The molecule has 5 rings (SSSR count). The number of para-hydroxylation sites is 1. The van der Waals surface area contributed by atoms with Crippen LogP contribution in [0.25, 0.3) is 5.69 Å². The molecule has 0 fully saturated rings. The highest BCUT2D eigenvalue weighted by Crippen LogP contribution is 2.48. The number of hydrogen-bond acceptors (Lipinski definition) is 6. The van der Waals surface area contributed by atoms with Gasteiger partial charge in [-0.15, -0.1) is 0 Å². The Kier molecular flexibility index (Phi) is 5.11. The van der Waals surface area contributed by atoms with Crippen molar-refractivity contribution in [3.63, 3.8) is 0 Å². The van der Waals surface area contributed by atoms with Gasteiger partial charge in [-0.2, -0.15) is 0 Å². The summed E-state index contributed by atoms with van der Waals surface area (Å²) < 4.78 is 18.4. The summed E-state index contributed by atoms with van der Waals surface area (Å²) in [6.07, 6.45) is 0.757. The van der Waals surface area contributed by atoms with Crippen LogP contribution in [0.5, 0.6) is 23.1 Å². The zero-order valence-electron chi connectivity index (χ0n) is 17.4. The lowest BCUT2D eigenvalue weighted by atomic mass is 9.87. The standard InChI is InChI=1S/C22H20ClN3O5S/c1-25-8-7-11-9-14-18(31-10-30-14)19(29-2)15(11)17(25)16-20(27)24-22(32)26(21(16)28)13-6-4-3-5-12(13)23/h3-6,9,17,28H,7-8,10H2,1-2H3,(H,24,27,32)/p+1/t17-/m0/s1. The van der Waals surface area contributed by atoms with Crippen molar-refractivity contribution in [2.45, 2.75) is 12.5 Å². The monoisotopic (exact) mass is 474 g/mol. The fourth-order valence-corrected chi connectivity index (χ4v) is 5.07. The number of benzene rings is 2. The molecule has 3 aromatic rings. The number of likely N-dealkylation sites (N-methyl/N-ethyl adjacent to an activating group) is 1. The van der Waals surface area contributed by atoms with Gasteiger partial charge in [-0.3, -0.25) is 14.3 Å². The lowest BCUT2D eigenvalue weighted by molar-refractivity contribution is -0.908. The van der Waals surface area contributed by atoms with Crippen LogP contribution in [-0.2, 0) is 6.42 Å². The number of H-pyrrole nitrogens is 1. The van der Waals surface area contributed by atoms with Gasteiger partial charge in [0.05, 0.1) is 37.0 Å². The molecule has 0 spiro atoms. The van der Waals surface area contributed by atoms with E-state index in [9.17, 15) is 9.90 Å². The summed E-state index contributed by atoms with van der Waals surface area (Å²) in [5, 5.41) is 11.8. The Bertz CT molecular complexity index is 1350. The maximum atomic E-state index is 13.2. The van der Waals surface area contributed by atoms with Crippen molar-refractivity contribution in [1.82, 2.24) is 9.55 Å². The van der Waals surface area contributed by atoms with Crippen LogP contribution in [0.1, 0.15) is 22.7 Å². The highest BCUT2D eigenvalue weighted by Gasteiger charge is 2.41. The summed E-state index contributed by atoms with van der Waals surface area (Å²) in [5.41, 5.74) is 1.94. The van der Waals surface area contributed by atoms with Crippen LogP contribution < -0.4 is 24.7 Å². The number of rotatable bonds is 3. The van der Waals surface area contributed by atoms with E-state index in [1.54, 1.807) is 31.4 Å². The van der Waals surface area contributed by atoms with Crippen molar-refractivity contribution in [3.8, 4) is 28.8 Å². The lowest BCUT2D eigenvalue weighted by Gasteiger charge is -2.33. The number of nitrogens with one attached hydrogen (secondary N) is 2. The van der Waals surface area contributed by atoms with Crippen LogP contribution in [0.2, 0.25) is 5.02 Å². The Labute approximate surface area is 193 Å². The third kappa shape index (κ3) is 3.08. The molecule has 0 bridgehead atoms. The van der Waals surface area contributed by atoms with Gasteiger partial charge in [-0.1, -0.05) is 23.7 Å². The third-order valence-electron chi connectivity index (χ3n) is 6.02. The lowest BCUT2D eigenvalue weighted by Crippen LogP contribution is -3.10. The smallest absolute Gasteiger partial charge is 0.265 e. The maximum absolute atomic E-state index is 13.2. The number of hydrogen-bond donors (Lipinski definition) is 3. The topological polar surface area (TPSA) is 90.2 Å². The Morgan fingerprint density at radius 3 is 2.84 bits per heavy atom. The molecule has 3 heterocycles. The van der Waals surface area contributed by atoms with E-state index >= 15 is 0 Å². The van der Waals surface area contributed by atoms with E-state index < -0.39 is 11.6 Å². The first kappa shape index (κ1) is 20.9. The molecule has 32 heavy (non-hydrogen) atoms. The molecule has 2 atom stereocenters. The predicted octanol–water partition coefficient (Wildman–Crippen LogP) is 2.15. The molecule has 10 heteroatoms. The predicted molar refractivity (Wildman–Crippen MR) is 120 cm³/mol. The van der Waals surface area contributed by atoms with Crippen LogP contribution in [0.4, 0.5) is 0 Å². The van der Waals surface area contributed by atoms with Crippen LogP contribution in [0.3, 0.4) is 0 Å². The number of quaternary nitrogens is 1. The summed E-state index contributed by atoms with van der Waals surface area (Å²) in [4.78, 5) is 16.9. The fourth-order valence-electron chi connectivity index (χ4n) is 4.57. The number of fused-ring (bicyclic) bond motifs is 2. The van der Waals surface area contributed by atoms with Crippen LogP contribution in [0, 0.1) is 4.77 Å². The van der Waals surface area contributed by atoms with Gasteiger partial charge >= 0.3 is 0 Å². The normalized spacial score (nSPS) is 19.0. The number of halogens is 1. The van der Waals surface area contributed by atoms with Gasteiger partial charge in [-0.05, 0) is 36.0 Å². The van der Waals surface area contributed by atoms with E-state index in [1.165, 1.54) is 4.57 Å². The summed E-state index contributed by atoms with van der Waals surface area (Å²) in [6.45, 7) is 0.839. The first-order valence-electron chi connectivity index (χ1n) is 10.1. The highest BCUT2D eigenvalue weighted by atomic mass is 35.5. The van der Waals surface area contributed by atoms with Crippen molar-refractivity contribution in [2.24, 2.45) is 0 Å². The quantitative estimate of drug-likeness (QED) is 0.504. The Hall–Kier alpha value is -3.01. The molecule has 3 N–H and O–H groups in total. The molecule has 2 aliphatic heterocycles. The Balaban J connectivity index is 1.81. The summed E-state index contributed by atoms with van der Waals surface area (Å²) >= 11 is 11.7. The third-order valence-corrected chi connectivity index (χ3v) is 6.63. The largest absolute Gasteiger partial charge is 0.494 e. The average Bonchev–Trinajstić information content (AvgIpc) is 3.23. The molecule has 0 aliphatic carbocycles. The van der Waals surface area contributed by atoms with Gasteiger partial charge < -0.3 is 24.2 Å². The highest BCUT2D eigenvalue weighted by molar-refractivity contribution is 7.71. The van der Waals surface area contributed by atoms with Crippen molar-refractivity contribution in [2.75, 3.05) is 27.5 Å². The van der Waals surface area contributed by atoms with Gasteiger partial charge in [0.25, 0.3) is 5.56 Å². The number of aromatic nitrogens is 2. The number of methoxy groups -OCH3 is 1. The van der Waals surface area contributed by atoms with E-state index in [0.29, 0.717) is 28.0 Å². The molecule has 0 saturated heterocycles. The minimum Gasteiger partial charge on any atom is -0.494 e. The van der Waals surface area contributed by atoms with Crippen molar-refractivity contribution < 1.29 is 24.2 Å². The van der Waals surface area contributed by atoms with E-state index in [-0.39, 0.29) is 23.0 Å². The molecule has 1 unspecified atom stereocenters. The first-order chi connectivity index (χ1) is 15.4. The average molecular weight is 475 g/mol. The van der Waals surface area contributed by atoms with Crippen LogP contribution >= 0.6 is 23.8 Å². The first-order valence-corrected chi connectivity index (χ1v) is 10.9. The fraction of sp³-hybridized carbons (Fsp3) is 0.273. The molecular formula is C22H21ClN3O5S+.